The Morgan fingerprint density at radius 1 is 1.21 bits per heavy atom. The fourth-order valence-corrected chi connectivity index (χ4v) is 6.02. The van der Waals surface area contributed by atoms with Crippen molar-refractivity contribution in [1.82, 2.24) is 10.2 Å². The van der Waals surface area contributed by atoms with E-state index in [1.807, 2.05) is 30.3 Å². The van der Waals surface area contributed by atoms with Gasteiger partial charge in [-0.1, -0.05) is 48.0 Å². The summed E-state index contributed by atoms with van der Waals surface area (Å²) >= 11 is 6.96. The predicted molar refractivity (Wildman–Crippen MR) is 145 cm³/mol. The van der Waals surface area contributed by atoms with E-state index in [9.17, 15) is 24.4 Å². The molecule has 2 aliphatic rings. The smallest absolute Gasteiger partial charge is 0.436 e. The summed E-state index contributed by atoms with van der Waals surface area (Å²) in [5.74, 6) is -1.70. The van der Waals surface area contributed by atoms with Crippen LogP contribution in [-0.4, -0.2) is 59.1 Å². The normalized spacial score (nSPS) is 19.1. The number of carbonyl (C=O) groups is 3. The number of hydrogen-bond acceptors (Lipinski definition) is 7. The lowest BCUT2D eigenvalue weighted by Crippen LogP contribution is -2.57. The number of carbonyl (C=O) groups excluding carboxylic acids is 3. The summed E-state index contributed by atoms with van der Waals surface area (Å²) in [7, 11) is -1.72. The zero-order valence-electron chi connectivity index (χ0n) is 20.5. The summed E-state index contributed by atoms with van der Waals surface area (Å²) in [5.41, 5.74) is -0.320. The fraction of sp³-hybridized carbons (Fsp3) is 0.269. The first-order valence-electron chi connectivity index (χ1n) is 12.2. The summed E-state index contributed by atoms with van der Waals surface area (Å²) in [6.45, 7) is 0.189. The highest BCUT2D eigenvalue weighted by Crippen LogP contribution is 2.45. The Balaban J connectivity index is 1.44. The molecular formula is C26H24BClFN3O6S. The average molecular weight is 572 g/mol. The molecule has 0 radical (unpaired) electrons. The summed E-state index contributed by atoms with van der Waals surface area (Å²) in [6, 6.07) is 13.9. The molecule has 202 valence electrons. The van der Waals surface area contributed by atoms with Crippen molar-refractivity contribution in [2.24, 2.45) is 0 Å². The van der Waals surface area contributed by atoms with Gasteiger partial charge in [0.15, 0.2) is 11.4 Å². The molecule has 0 aliphatic carbocycles. The lowest BCUT2D eigenvalue weighted by atomic mass is 9.82. The summed E-state index contributed by atoms with van der Waals surface area (Å²) in [6.07, 6.45) is 0.116. The van der Waals surface area contributed by atoms with Crippen LogP contribution in [0.2, 0.25) is 5.02 Å². The van der Waals surface area contributed by atoms with Crippen molar-refractivity contribution in [3.63, 3.8) is 0 Å². The number of nitrogens with zero attached hydrogens (tertiary/aromatic N) is 1. The highest BCUT2D eigenvalue weighted by molar-refractivity contribution is 7.23. The van der Waals surface area contributed by atoms with Crippen molar-refractivity contribution >= 4 is 58.4 Å². The van der Waals surface area contributed by atoms with Gasteiger partial charge in [-0.2, -0.15) is 0 Å². The van der Waals surface area contributed by atoms with Gasteiger partial charge in [0, 0.05) is 17.7 Å². The SMILES string of the molecule is O=C1Nc2ccc(Cl)c(F)c2[C@@]2(CCCN(C(=O)[C@H](Cc3ccccc3)NC(=O)c3ccc(B(O)O)s3)C2)O1. The first-order valence-corrected chi connectivity index (χ1v) is 13.4. The van der Waals surface area contributed by atoms with Gasteiger partial charge in [0.1, 0.15) is 6.04 Å². The van der Waals surface area contributed by atoms with Crippen LogP contribution in [0.3, 0.4) is 0 Å². The molecule has 1 spiro atoms. The Kier molecular flexibility index (Phi) is 7.63. The van der Waals surface area contributed by atoms with Gasteiger partial charge in [-0.05, 0) is 36.6 Å². The number of rotatable bonds is 6. The second-order valence-corrected chi connectivity index (χ2v) is 11.0. The molecule has 4 N–H and O–H groups in total. The molecule has 2 atom stereocenters. The first-order chi connectivity index (χ1) is 18.7. The quantitative estimate of drug-likeness (QED) is 0.337. The van der Waals surface area contributed by atoms with Crippen LogP contribution < -0.4 is 15.4 Å². The number of ether oxygens (including phenoxy) is 1. The van der Waals surface area contributed by atoms with E-state index < -0.39 is 42.5 Å². The molecule has 39 heavy (non-hydrogen) atoms. The number of likely N-dealkylation sites (tertiary alicyclic amines) is 1. The number of halogens is 2. The maximum atomic E-state index is 15.3. The number of hydrogen-bond donors (Lipinski definition) is 4. The van der Waals surface area contributed by atoms with E-state index in [1.165, 1.54) is 29.2 Å². The van der Waals surface area contributed by atoms with E-state index in [4.69, 9.17) is 16.3 Å². The minimum Gasteiger partial charge on any atom is -0.436 e. The van der Waals surface area contributed by atoms with Crippen LogP contribution >= 0.6 is 22.9 Å². The molecule has 0 unspecified atom stereocenters. The first kappa shape index (κ1) is 27.1. The van der Waals surface area contributed by atoms with Gasteiger partial charge in [-0.15, -0.1) is 11.3 Å². The van der Waals surface area contributed by atoms with Crippen LogP contribution in [0.1, 0.15) is 33.6 Å². The molecule has 0 bridgehead atoms. The minimum absolute atomic E-state index is 0.0874. The Bertz CT molecular complexity index is 1420. The second-order valence-electron chi connectivity index (χ2n) is 9.45. The molecule has 3 amide bonds. The van der Waals surface area contributed by atoms with Crippen molar-refractivity contribution in [3.8, 4) is 0 Å². The number of thiophene rings is 1. The number of benzene rings is 2. The van der Waals surface area contributed by atoms with Crippen LogP contribution in [0.25, 0.3) is 0 Å². The molecule has 3 heterocycles. The Morgan fingerprint density at radius 3 is 2.69 bits per heavy atom. The molecule has 2 aliphatic heterocycles. The van der Waals surface area contributed by atoms with Gasteiger partial charge in [0.05, 0.1) is 27.7 Å². The van der Waals surface area contributed by atoms with Crippen LogP contribution in [0.15, 0.2) is 54.6 Å². The van der Waals surface area contributed by atoms with Crippen LogP contribution in [-0.2, 0) is 21.6 Å². The molecule has 5 rings (SSSR count). The summed E-state index contributed by atoms with van der Waals surface area (Å²) < 4.78 is 21.1. The molecule has 1 aromatic heterocycles. The van der Waals surface area contributed by atoms with Crippen LogP contribution in [0.5, 0.6) is 0 Å². The number of amides is 3. The number of nitrogens with one attached hydrogen (secondary N) is 2. The molecular weight excluding hydrogens is 548 g/mol. The number of piperidine rings is 1. The standard InChI is InChI=1S/C26H24BClFN3O6S/c28-16-7-8-17-21(22(16)29)26(38-25(35)31-17)11-4-12-32(14-26)24(34)18(13-15-5-2-1-3-6-15)30-23(33)19-9-10-20(39-19)27(36)37/h1-3,5-10,18,36-37H,4,11-14H2,(H,30,33)(H,31,35)/t18-,26-/m0/s1. The van der Waals surface area contributed by atoms with E-state index in [1.54, 1.807) is 0 Å². The van der Waals surface area contributed by atoms with E-state index >= 15 is 4.39 Å². The summed E-state index contributed by atoms with van der Waals surface area (Å²) in [5, 5.41) is 23.9. The minimum atomic E-state index is -1.72. The van der Waals surface area contributed by atoms with E-state index in [0.717, 1.165) is 16.9 Å². The van der Waals surface area contributed by atoms with Crippen molar-refractivity contribution in [1.29, 1.82) is 0 Å². The molecule has 2 aromatic carbocycles. The van der Waals surface area contributed by atoms with Crippen molar-refractivity contribution in [2.45, 2.75) is 30.9 Å². The highest BCUT2D eigenvalue weighted by atomic mass is 35.5. The molecule has 9 nitrogen and oxygen atoms in total. The van der Waals surface area contributed by atoms with Gasteiger partial charge in [0.2, 0.25) is 5.91 Å². The molecule has 3 aromatic rings. The van der Waals surface area contributed by atoms with E-state index in [0.29, 0.717) is 13.0 Å². The maximum Gasteiger partial charge on any atom is 0.499 e. The highest BCUT2D eigenvalue weighted by Gasteiger charge is 2.49. The largest absolute Gasteiger partial charge is 0.499 e. The predicted octanol–water partition coefficient (Wildman–Crippen LogP) is 2.64. The zero-order valence-corrected chi connectivity index (χ0v) is 22.1. The Morgan fingerprint density at radius 2 is 1.97 bits per heavy atom. The van der Waals surface area contributed by atoms with Gasteiger partial charge in [-0.3, -0.25) is 14.9 Å². The van der Waals surface area contributed by atoms with Crippen LogP contribution in [0.4, 0.5) is 14.9 Å². The Labute approximate surface area is 232 Å². The lowest BCUT2D eigenvalue weighted by Gasteiger charge is -2.45. The number of fused-ring (bicyclic) bond motifs is 2. The molecule has 0 saturated carbocycles. The van der Waals surface area contributed by atoms with Gasteiger partial charge < -0.3 is 25.0 Å². The maximum absolute atomic E-state index is 15.3. The molecule has 1 fully saturated rings. The Hall–Kier alpha value is -3.45. The molecule has 1 saturated heterocycles. The number of anilines is 1. The van der Waals surface area contributed by atoms with E-state index in [2.05, 4.69) is 10.6 Å². The van der Waals surface area contributed by atoms with Gasteiger partial charge >= 0.3 is 13.2 Å². The lowest BCUT2D eigenvalue weighted by molar-refractivity contribution is -0.141. The molecule has 13 heteroatoms. The third-order valence-electron chi connectivity index (χ3n) is 6.83. The van der Waals surface area contributed by atoms with Crippen molar-refractivity contribution in [3.05, 3.63) is 81.4 Å². The zero-order chi connectivity index (χ0) is 27.7. The monoisotopic (exact) mass is 571 g/mol. The fourth-order valence-electron chi connectivity index (χ4n) is 5.07. The van der Waals surface area contributed by atoms with Crippen molar-refractivity contribution < 1.29 is 33.6 Å². The van der Waals surface area contributed by atoms with Gasteiger partial charge in [0.25, 0.3) is 5.91 Å². The summed E-state index contributed by atoms with van der Waals surface area (Å²) in [4.78, 5) is 41.1. The second kappa shape index (κ2) is 11.0. The average Bonchev–Trinajstić information content (AvgIpc) is 3.41. The third kappa shape index (κ3) is 5.51. The van der Waals surface area contributed by atoms with Gasteiger partial charge in [-0.25, -0.2) is 9.18 Å². The topological polar surface area (TPSA) is 128 Å². The van der Waals surface area contributed by atoms with Crippen LogP contribution in [0, 0.1) is 5.82 Å². The van der Waals surface area contributed by atoms with Crippen molar-refractivity contribution in [2.75, 3.05) is 18.4 Å². The van der Waals surface area contributed by atoms with E-state index in [-0.39, 0.29) is 45.3 Å². The third-order valence-corrected chi connectivity index (χ3v) is 8.25.